The van der Waals surface area contributed by atoms with Gasteiger partial charge in [0.25, 0.3) is 0 Å². The van der Waals surface area contributed by atoms with Gasteiger partial charge in [0.1, 0.15) is 5.75 Å². The van der Waals surface area contributed by atoms with Crippen LogP contribution in [-0.4, -0.2) is 24.6 Å². The van der Waals surface area contributed by atoms with Crippen molar-refractivity contribution in [3.63, 3.8) is 0 Å². The summed E-state index contributed by atoms with van der Waals surface area (Å²) in [5.74, 6) is 1.99. The Morgan fingerprint density at radius 1 is 1.25 bits per heavy atom. The van der Waals surface area contributed by atoms with E-state index in [1.165, 1.54) is 19.3 Å². The van der Waals surface area contributed by atoms with Crippen LogP contribution in [0.3, 0.4) is 0 Å². The van der Waals surface area contributed by atoms with Crippen LogP contribution in [0.1, 0.15) is 38.5 Å². The van der Waals surface area contributed by atoms with Gasteiger partial charge in [0.15, 0.2) is 0 Å². The topological polar surface area (TPSA) is 64.3 Å². The summed E-state index contributed by atoms with van der Waals surface area (Å²) in [7, 11) is 0. The molecule has 4 nitrogen and oxygen atoms in total. The molecular weight excluding hydrogens is 392 g/mol. The van der Waals surface area contributed by atoms with Crippen molar-refractivity contribution < 1.29 is 9.53 Å². The highest BCUT2D eigenvalue weighted by molar-refractivity contribution is 9.10. The van der Waals surface area contributed by atoms with Crippen LogP contribution in [0.4, 0.5) is 0 Å². The zero-order chi connectivity index (χ0) is 16.2. The second-order valence-corrected chi connectivity index (χ2v) is 7.66. The molecule has 24 heavy (non-hydrogen) atoms. The van der Waals surface area contributed by atoms with Crippen molar-refractivity contribution in [3.05, 3.63) is 28.7 Å². The number of ether oxygens (including phenoxy) is 1. The van der Waals surface area contributed by atoms with Gasteiger partial charge in [0.2, 0.25) is 5.91 Å². The van der Waals surface area contributed by atoms with Crippen molar-refractivity contribution in [2.45, 2.75) is 50.6 Å². The van der Waals surface area contributed by atoms with Gasteiger partial charge in [-0.1, -0.05) is 18.6 Å². The minimum absolute atomic E-state index is 0. The second-order valence-electron chi connectivity index (χ2n) is 6.80. The summed E-state index contributed by atoms with van der Waals surface area (Å²) in [6, 6.07) is 8.33. The Morgan fingerprint density at radius 2 is 1.92 bits per heavy atom. The molecule has 1 aromatic carbocycles. The van der Waals surface area contributed by atoms with Gasteiger partial charge in [-0.25, -0.2) is 0 Å². The maximum absolute atomic E-state index is 12.3. The van der Waals surface area contributed by atoms with E-state index in [-0.39, 0.29) is 18.3 Å². The highest BCUT2D eigenvalue weighted by atomic mass is 79.9. The van der Waals surface area contributed by atoms with Gasteiger partial charge in [0, 0.05) is 12.1 Å². The third-order valence-corrected chi connectivity index (χ3v) is 5.78. The fourth-order valence-electron chi connectivity index (χ4n) is 4.10. The van der Waals surface area contributed by atoms with Crippen molar-refractivity contribution in [1.29, 1.82) is 0 Å². The van der Waals surface area contributed by atoms with Gasteiger partial charge in [-0.05, 0) is 65.6 Å². The third kappa shape index (κ3) is 4.87. The quantitative estimate of drug-likeness (QED) is 0.768. The van der Waals surface area contributed by atoms with Crippen molar-refractivity contribution in [3.8, 4) is 5.75 Å². The van der Waals surface area contributed by atoms with E-state index in [1.807, 2.05) is 24.3 Å². The van der Waals surface area contributed by atoms with Crippen LogP contribution in [0.5, 0.6) is 5.75 Å². The van der Waals surface area contributed by atoms with E-state index in [0.717, 1.165) is 23.1 Å². The Hall–Kier alpha value is -0.780. The standard InChI is InChI=1S/C18H25BrN2O2.ClH/c19-15-6-1-2-7-16(15)23-9-8-17(22)21-18-12-4-3-5-13(18)11-14(20)10-12;/h1-2,6-7,12-14,18H,3-5,8-11,20H2,(H,21,22);1H. The summed E-state index contributed by atoms with van der Waals surface area (Å²) >= 11 is 3.44. The average Bonchev–Trinajstić information content (AvgIpc) is 2.50. The summed E-state index contributed by atoms with van der Waals surface area (Å²) in [5, 5.41) is 3.26. The Kier molecular flexibility index (Phi) is 7.38. The summed E-state index contributed by atoms with van der Waals surface area (Å²) in [4.78, 5) is 12.3. The molecule has 2 unspecified atom stereocenters. The predicted molar refractivity (Wildman–Crippen MR) is 101 cm³/mol. The number of benzene rings is 1. The number of hydrogen-bond acceptors (Lipinski definition) is 3. The zero-order valence-electron chi connectivity index (χ0n) is 13.7. The van der Waals surface area contributed by atoms with Gasteiger partial charge in [-0.2, -0.15) is 0 Å². The number of carbonyl (C=O) groups excluding carboxylic acids is 1. The van der Waals surface area contributed by atoms with Gasteiger partial charge < -0.3 is 15.8 Å². The molecule has 0 spiro atoms. The number of fused-ring (bicyclic) bond motifs is 2. The van der Waals surface area contributed by atoms with Crippen molar-refractivity contribution in [1.82, 2.24) is 5.32 Å². The monoisotopic (exact) mass is 416 g/mol. The lowest BCUT2D eigenvalue weighted by molar-refractivity contribution is -0.123. The van der Waals surface area contributed by atoms with Gasteiger partial charge in [-0.3, -0.25) is 4.79 Å². The van der Waals surface area contributed by atoms with Crippen LogP contribution >= 0.6 is 28.3 Å². The van der Waals surface area contributed by atoms with Crippen molar-refractivity contribution >= 4 is 34.2 Å². The maximum Gasteiger partial charge on any atom is 0.223 e. The van der Waals surface area contributed by atoms with Crippen molar-refractivity contribution in [2.24, 2.45) is 17.6 Å². The molecular formula is C18H26BrClN2O2. The molecule has 134 valence electrons. The molecule has 0 aromatic heterocycles. The van der Waals surface area contributed by atoms with E-state index in [2.05, 4.69) is 21.2 Å². The van der Waals surface area contributed by atoms with Crippen LogP contribution in [0, 0.1) is 11.8 Å². The number of carbonyl (C=O) groups is 1. The van der Waals surface area contributed by atoms with E-state index >= 15 is 0 Å². The molecule has 2 saturated carbocycles. The molecule has 2 aliphatic carbocycles. The number of nitrogens with two attached hydrogens (primary N) is 1. The first-order valence-corrected chi connectivity index (χ1v) is 9.35. The van der Waals surface area contributed by atoms with Crippen molar-refractivity contribution in [2.75, 3.05) is 6.61 Å². The molecule has 2 fully saturated rings. The van der Waals surface area contributed by atoms with Gasteiger partial charge in [0.05, 0.1) is 17.5 Å². The number of hydrogen-bond donors (Lipinski definition) is 2. The van der Waals surface area contributed by atoms with E-state index in [4.69, 9.17) is 10.5 Å². The maximum atomic E-state index is 12.3. The smallest absolute Gasteiger partial charge is 0.223 e. The fraction of sp³-hybridized carbons (Fsp3) is 0.611. The number of rotatable bonds is 5. The predicted octanol–water partition coefficient (Wildman–Crippen LogP) is 3.66. The second kappa shape index (κ2) is 9.07. The SMILES string of the molecule is Cl.NC1CC2CCCC(C1)C2NC(=O)CCOc1ccccc1Br. The molecule has 0 heterocycles. The van der Waals surface area contributed by atoms with Crippen LogP contribution in [0.15, 0.2) is 28.7 Å². The van der Waals surface area contributed by atoms with Crippen LogP contribution in [0.25, 0.3) is 0 Å². The molecule has 0 radical (unpaired) electrons. The first-order valence-electron chi connectivity index (χ1n) is 8.55. The van der Waals surface area contributed by atoms with Crippen LogP contribution < -0.4 is 15.8 Å². The van der Waals surface area contributed by atoms with Gasteiger partial charge in [-0.15, -0.1) is 12.4 Å². The number of amides is 1. The Balaban J connectivity index is 0.00000208. The molecule has 3 N–H and O–H groups in total. The Morgan fingerprint density at radius 3 is 2.58 bits per heavy atom. The molecule has 1 aromatic rings. The molecule has 2 atom stereocenters. The first-order chi connectivity index (χ1) is 11.1. The normalized spacial score (nSPS) is 28.6. The van der Waals surface area contributed by atoms with Crippen LogP contribution in [-0.2, 0) is 4.79 Å². The first kappa shape index (κ1) is 19.5. The minimum Gasteiger partial charge on any atom is -0.492 e. The van der Waals surface area contributed by atoms with E-state index in [0.29, 0.717) is 36.9 Å². The molecule has 2 aliphatic rings. The van der Waals surface area contributed by atoms with E-state index in [1.54, 1.807) is 0 Å². The molecule has 0 aliphatic heterocycles. The molecule has 6 heteroatoms. The largest absolute Gasteiger partial charge is 0.492 e. The summed E-state index contributed by atoms with van der Waals surface area (Å²) in [6.07, 6.45) is 6.16. The highest BCUT2D eigenvalue weighted by Crippen LogP contribution is 2.39. The van der Waals surface area contributed by atoms with E-state index in [9.17, 15) is 4.79 Å². The molecule has 3 rings (SSSR count). The molecule has 0 saturated heterocycles. The lowest BCUT2D eigenvalue weighted by atomic mass is 9.67. The summed E-state index contributed by atoms with van der Waals surface area (Å²) in [5.41, 5.74) is 6.14. The average molecular weight is 418 g/mol. The summed E-state index contributed by atoms with van der Waals surface area (Å²) in [6.45, 7) is 0.399. The summed E-state index contributed by atoms with van der Waals surface area (Å²) < 4.78 is 6.59. The lowest BCUT2D eigenvalue weighted by Crippen LogP contribution is -2.53. The molecule has 1 amide bonds. The highest BCUT2D eigenvalue weighted by Gasteiger charge is 2.39. The number of halogens is 2. The lowest BCUT2D eigenvalue weighted by Gasteiger charge is -2.45. The number of para-hydroxylation sites is 1. The zero-order valence-corrected chi connectivity index (χ0v) is 16.2. The van der Waals surface area contributed by atoms with Gasteiger partial charge >= 0.3 is 0 Å². The van der Waals surface area contributed by atoms with E-state index < -0.39 is 0 Å². The minimum atomic E-state index is 0. The number of nitrogens with one attached hydrogen (secondary N) is 1. The van der Waals surface area contributed by atoms with Crippen LogP contribution in [0.2, 0.25) is 0 Å². The third-order valence-electron chi connectivity index (χ3n) is 5.13. The molecule has 2 bridgehead atoms. The Bertz CT molecular complexity index is 544. The Labute approximate surface area is 158 Å². The fourth-order valence-corrected chi connectivity index (χ4v) is 4.50.